The zero-order valence-corrected chi connectivity index (χ0v) is 9.13. The molecule has 0 aliphatic rings. The van der Waals surface area contributed by atoms with E-state index in [0.717, 1.165) is 12.2 Å². The Morgan fingerprint density at radius 2 is 1.93 bits per heavy atom. The van der Waals surface area contributed by atoms with Crippen molar-refractivity contribution < 1.29 is 0 Å². The Labute approximate surface area is 84.1 Å². The van der Waals surface area contributed by atoms with E-state index in [-0.39, 0.29) is 11.4 Å². The van der Waals surface area contributed by atoms with Gasteiger partial charge in [-0.1, -0.05) is 20.8 Å². The highest BCUT2D eigenvalue weighted by molar-refractivity contribution is 5.41. The van der Waals surface area contributed by atoms with E-state index in [1.165, 1.54) is 0 Å². The minimum absolute atomic E-state index is 0.201. The second kappa shape index (κ2) is 3.77. The third kappa shape index (κ3) is 3.16. The van der Waals surface area contributed by atoms with Gasteiger partial charge in [-0.15, -0.1) is 10.2 Å². The second-order valence-electron chi connectivity index (χ2n) is 4.52. The summed E-state index contributed by atoms with van der Waals surface area (Å²) in [6.45, 7) is 9.12. The topological polar surface area (TPSA) is 76.7 Å². The van der Waals surface area contributed by atoms with Crippen LogP contribution in [-0.4, -0.2) is 21.7 Å². The predicted molar refractivity (Wildman–Crippen MR) is 56.9 cm³/mol. The predicted octanol–water partition coefficient (Wildman–Crippen LogP) is 1.22. The summed E-state index contributed by atoms with van der Waals surface area (Å²) >= 11 is 0. The Morgan fingerprint density at radius 3 is 2.50 bits per heavy atom. The molecule has 1 aromatic heterocycles. The van der Waals surface area contributed by atoms with Gasteiger partial charge >= 0.3 is 0 Å². The van der Waals surface area contributed by atoms with Gasteiger partial charge in [0.25, 0.3) is 0 Å². The molecular formula is C9H17N5. The van der Waals surface area contributed by atoms with Crippen molar-refractivity contribution in [3.63, 3.8) is 0 Å². The summed E-state index contributed by atoms with van der Waals surface area (Å²) in [4.78, 5) is 4.07. The molecule has 0 atom stereocenters. The van der Waals surface area contributed by atoms with Gasteiger partial charge in [0.05, 0.1) is 0 Å². The first-order valence-electron chi connectivity index (χ1n) is 4.59. The fraction of sp³-hybridized carbons (Fsp3) is 0.667. The normalized spacial score (nSPS) is 11.4. The van der Waals surface area contributed by atoms with E-state index in [4.69, 9.17) is 5.73 Å². The number of nitrogen functional groups attached to an aromatic ring is 1. The molecule has 0 amide bonds. The molecule has 0 fully saturated rings. The van der Waals surface area contributed by atoms with Crippen molar-refractivity contribution in [2.24, 2.45) is 5.41 Å². The van der Waals surface area contributed by atoms with Gasteiger partial charge in [-0.25, -0.2) is 0 Å². The zero-order chi connectivity index (χ0) is 10.8. The van der Waals surface area contributed by atoms with Crippen LogP contribution in [0.15, 0.2) is 0 Å². The van der Waals surface area contributed by atoms with Gasteiger partial charge in [-0.2, -0.15) is 4.98 Å². The van der Waals surface area contributed by atoms with Gasteiger partial charge in [-0.05, 0) is 12.3 Å². The summed E-state index contributed by atoms with van der Waals surface area (Å²) in [5.74, 6) is 0.916. The third-order valence-corrected chi connectivity index (χ3v) is 1.66. The lowest BCUT2D eigenvalue weighted by Gasteiger charge is -2.19. The average molecular weight is 195 g/mol. The van der Waals surface area contributed by atoms with Crippen molar-refractivity contribution in [1.82, 2.24) is 15.2 Å². The van der Waals surface area contributed by atoms with Crippen LogP contribution >= 0.6 is 0 Å². The number of aryl methyl sites for hydroxylation is 1. The van der Waals surface area contributed by atoms with E-state index in [2.05, 4.69) is 41.3 Å². The molecule has 0 aliphatic heterocycles. The monoisotopic (exact) mass is 195 g/mol. The van der Waals surface area contributed by atoms with E-state index in [9.17, 15) is 0 Å². The van der Waals surface area contributed by atoms with E-state index in [1.54, 1.807) is 0 Å². The van der Waals surface area contributed by atoms with Crippen molar-refractivity contribution in [2.75, 3.05) is 17.6 Å². The van der Waals surface area contributed by atoms with Crippen molar-refractivity contribution >= 4 is 11.8 Å². The highest BCUT2D eigenvalue weighted by Crippen LogP contribution is 2.15. The average Bonchev–Trinajstić information content (AvgIpc) is 2.05. The van der Waals surface area contributed by atoms with Crippen LogP contribution in [0.25, 0.3) is 0 Å². The van der Waals surface area contributed by atoms with E-state index in [0.29, 0.717) is 5.82 Å². The third-order valence-electron chi connectivity index (χ3n) is 1.66. The van der Waals surface area contributed by atoms with Gasteiger partial charge < -0.3 is 11.1 Å². The molecule has 5 heteroatoms. The Bertz CT molecular complexity index is 315. The number of nitrogens with zero attached hydrogens (tertiary/aromatic N) is 3. The molecule has 0 saturated carbocycles. The molecule has 0 radical (unpaired) electrons. The van der Waals surface area contributed by atoms with Crippen LogP contribution in [0.2, 0.25) is 0 Å². The lowest BCUT2D eigenvalue weighted by molar-refractivity contribution is 0.442. The standard InChI is InChI=1S/C9H17N5/c1-6-7(11-5-9(2,3)4)12-8(10)14-13-6/h5H2,1-4H3,(H3,10,11,12,14). The molecule has 1 rings (SSSR count). The molecule has 14 heavy (non-hydrogen) atoms. The number of rotatable bonds is 2. The van der Waals surface area contributed by atoms with Crippen LogP contribution in [0.4, 0.5) is 11.8 Å². The van der Waals surface area contributed by atoms with Crippen LogP contribution in [0.3, 0.4) is 0 Å². The van der Waals surface area contributed by atoms with Crippen LogP contribution in [0, 0.1) is 12.3 Å². The summed E-state index contributed by atoms with van der Waals surface area (Å²) in [5.41, 5.74) is 6.41. The smallest absolute Gasteiger partial charge is 0.242 e. The quantitative estimate of drug-likeness (QED) is 0.742. The van der Waals surface area contributed by atoms with E-state index >= 15 is 0 Å². The Hall–Kier alpha value is -1.39. The lowest BCUT2D eigenvalue weighted by atomic mass is 9.97. The summed E-state index contributed by atoms with van der Waals surface area (Å²) in [6.07, 6.45) is 0. The van der Waals surface area contributed by atoms with Crippen LogP contribution < -0.4 is 11.1 Å². The summed E-state index contributed by atoms with van der Waals surface area (Å²) in [5, 5.41) is 10.7. The highest BCUT2D eigenvalue weighted by atomic mass is 15.2. The number of aromatic nitrogens is 3. The van der Waals surface area contributed by atoms with Gasteiger partial charge in [0, 0.05) is 6.54 Å². The maximum atomic E-state index is 5.44. The molecule has 3 N–H and O–H groups in total. The fourth-order valence-electron chi connectivity index (χ4n) is 0.908. The van der Waals surface area contributed by atoms with Crippen molar-refractivity contribution in [3.05, 3.63) is 5.69 Å². The van der Waals surface area contributed by atoms with Crippen LogP contribution in [0.1, 0.15) is 26.5 Å². The maximum absolute atomic E-state index is 5.44. The van der Waals surface area contributed by atoms with Crippen molar-refractivity contribution in [2.45, 2.75) is 27.7 Å². The van der Waals surface area contributed by atoms with Crippen LogP contribution in [-0.2, 0) is 0 Å². The fourth-order valence-corrected chi connectivity index (χ4v) is 0.908. The van der Waals surface area contributed by atoms with Crippen molar-refractivity contribution in [3.8, 4) is 0 Å². The highest BCUT2D eigenvalue weighted by Gasteiger charge is 2.11. The molecule has 1 aromatic rings. The number of hydrogen-bond acceptors (Lipinski definition) is 5. The molecule has 1 heterocycles. The van der Waals surface area contributed by atoms with Gasteiger partial charge in [0.1, 0.15) is 5.69 Å². The first kappa shape index (κ1) is 10.7. The number of nitrogens with two attached hydrogens (primary N) is 1. The number of hydrogen-bond donors (Lipinski definition) is 2. The van der Waals surface area contributed by atoms with Crippen molar-refractivity contribution in [1.29, 1.82) is 0 Å². The number of nitrogens with one attached hydrogen (secondary N) is 1. The summed E-state index contributed by atoms with van der Waals surface area (Å²) in [7, 11) is 0. The van der Waals surface area contributed by atoms with Gasteiger partial charge in [-0.3, -0.25) is 0 Å². The van der Waals surface area contributed by atoms with E-state index in [1.807, 2.05) is 6.92 Å². The molecular weight excluding hydrogens is 178 g/mol. The molecule has 0 aliphatic carbocycles. The first-order chi connectivity index (χ1) is 6.38. The zero-order valence-electron chi connectivity index (χ0n) is 9.13. The summed E-state index contributed by atoms with van der Waals surface area (Å²) < 4.78 is 0. The Balaban J connectivity index is 2.72. The maximum Gasteiger partial charge on any atom is 0.242 e. The molecule has 78 valence electrons. The van der Waals surface area contributed by atoms with E-state index < -0.39 is 0 Å². The molecule has 0 unspecified atom stereocenters. The second-order valence-corrected chi connectivity index (χ2v) is 4.52. The lowest BCUT2D eigenvalue weighted by Crippen LogP contribution is -2.20. The largest absolute Gasteiger partial charge is 0.368 e. The minimum Gasteiger partial charge on any atom is -0.368 e. The van der Waals surface area contributed by atoms with Crippen LogP contribution in [0.5, 0.6) is 0 Å². The SMILES string of the molecule is Cc1nnc(N)nc1NCC(C)(C)C. The molecule has 0 spiro atoms. The first-order valence-corrected chi connectivity index (χ1v) is 4.59. The number of anilines is 2. The summed E-state index contributed by atoms with van der Waals surface area (Å²) in [6, 6.07) is 0. The van der Waals surface area contributed by atoms with Gasteiger partial charge in [0.15, 0.2) is 5.82 Å². The Morgan fingerprint density at radius 1 is 1.29 bits per heavy atom. The molecule has 0 saturated heterocycles. The molecule has 5 nitrogen and oxygen atoms in total. The minimum atomic E-state index is 0.201. The van der Waals surface area contributed by atoms with Gasteiger partial charge in [0.2, 0.25) is 5.95 Å². The molecule has 0 bridgehead atoms. The molecule has 0 aromatic carbocycles. The Kier molecular flexibility index (Phi) is 2.88.